The van der Waals surface area contributed by atoms with Gasteiger partial charge in [0.2, 0.25) is 11.0 Å². The fourth-order valence-corrected chi connectivity index (χ4v) is 4.37. The third-order valence-electron chi connectivity index (χ3n) is 4.70. The van der Waals surface area contributed by atoms with Crippen LogP contribution in [0.1, 0.15) is 24.8 Å². The summed E-state index contributed by atoms with van der Waals surface area (Å²) in [5, 5.41) is -6.80. The average molecular weight is 537 g/mol. The highest BCUT2D eigenvalue weighted by Gasteiger charge is 2.84. The van der Waals surface area contributed by atoms with E-state index in [-0.39, 0.29) is 11.6 Å². The van der Waals surface area contributed by atoms with E-state index in [2.05, 4.69) is 0 Å². The van der Waals surface area contributed by atoms with Gasteiger partial charge in [-0.3, -0.25) is 4.31 Å². The van der Waals surface area contributed by atoms with E-state index in [1.807, 2.05) is 0 Å². The van der Waals surface area contributed by atoms with Crippen molar-refractivity contribution in [2.24, 2.45) is 0 Å². The second-order valence-corrected chi connectivity index (χ2v) is 8.36. The van der Waals surface area contributed by atoms with E-state index < -0.39 is 75.6 Å². The maximum atomic E-state index is 14.3. The predicted molar refractivity (Wildman–Crippen MR) is 94.2 cm³/mol. The second kappa shape index (κ2) is 9.24. The minimum Gasteiger partial charge on any atom is -0.358 e. The number of allylic oxidation sites excluding steroid dienone is 2. The van der Waals surface area contributed by atoms with E-state index >= 15 is 0 Å². The van der Waals surface area contributed by atoms with Crippen molar-refractivity contribution < 1.29 is 61.6 Å². The van der Waals surface area contributed by atoms with Crippen LogP contribution in [0.15, 0.2) is 42.1 Å². The standard InChI is InChI=1S/C18H15F12NO2S/c1-2-33-13-9-11(10-6-4-3-5-7-10)8-12(14(19,20)21)31(13)34(32)18(29,30)16(24,25)15(22,23)17(26,27)28/h3-8,11,13H,2,9H2,1H3/t11-,13-,34-/m0/s1. The molecule has 1 aliphatic rings. The molecule has 2 rings (SSSR count). The summed E-state index contributed by atoms with van der Waals surface area (Å²) in [5.74, 6) is -16.1. The van der Waals surface area contributed by atoms with Crippen LogP contribution in [0.5, 0.6) is 0 Å². The molecule has 1 heterocycles. The molecule has 0 unspecified atom stereocenters. The molecule has 34 heavy (non-hydrogen) atoms. The van der Waals surface area contributed by atoms with Gasteiger partial charge in [-0.1, -0.05) is 30.3 Å². The van der Waals surface area contributed by atoms with Crippen LogP contribution >= 0.6 is 0 Å². The quantitative estimate of drug-likeness (QED) is 0.379. The fourth-order valence-electron chi connectivity index (χ4n) is 3.07. The SMILES string of the molecule is CCO[C@H]1C[C@@H](c2ccccc2)C=C(C(F)(F)F)N1[S@@](=O)C(F)(F)C(F)(F)C(F)(F)C(F)(F)F. The maximum Gasteiger partial charge on any atom is 0.460 e. The molecular formula is C18H15F12NO2S. The highest BCUT2D eigenvalue weighted by molar-refractivity contribution is 7.84. The van der Waals surface area contributed by atoms with Crippen molar-refractivity contribution in [3.63, 3.8) is 0 Å². The Morgan fingerprint density at radius 3 is 1.88 bits per heavy atom. The molecule has 16 heteroatoms. The lowest BCUT2D eigenvalue weighted by atomic mass is 9.91. The van der Waals surface area contributed by atoms with Crippen molar-refractivity contribution in [1.29, 1.82) is 0 Å². The molecular weight excluding hydrogens is 522 g/mol. The Balaban J connectivity index is 2.66. The highest BCUT2D eigenvalue weighted by atomic mass is 32.2. The maximum absolute atomic E-state index is 14.3. The first-order chi connectivity index (χ1) is 15.3. The lowest BCUT2D eigenvalue weighted by molar-refractivity contribution is -0.382. The Labute approximate surface area is 186 Å². The minimum atomic E-state index is -7.43. The Morgan fingerprint density at radius 2 is 1.44 bits per heavy atom. The Kier molecular flexibility index (Phi) is 7.68. The number of benzene rings is 1. The van der Waals surface area contributed by atoms with Gasteiger partial charge in [-0.25, -0.2) is 4.21 Å². The molecule has 0 amide bonds. The number of hydrogen-bond donors (Lipinski definition) is 0. The third-order valence-corrected chi connectivity index (χ3v) is 6.19. The molecule has 3 nitrogen and oxygen atoms in total. The van der Waals surface area contributed by atoms with E-state index in [0.717, 1.165) is 6.92 Å². The van der Waals surface area contributed by atoms with Crippen LogP contribution < -0.4 is 0 Å². The van der Waals surface area contributed by atoms with E-state index in [0.29, 0.717) is 0 Å². The molecule has 1 aromatic rings. The normalized spacial score (nSPS) is 21.9. The zero-order valence-electron chi connectivity index (χ0n) is 16.7. The van der Waals surface area contributed by atoms with Crippen LogP contribution in [0.4, 0.5) is 52.7 Å². The van der Waals surface area contributed by atoms with Crippen LogP contribution in [0, 0.1) is 0 Å². The summed E-state index contributed by atoms with van der Waals surface area (Å²) in [6, 6.07) is 6.97. The van der Waals surface area contributed by atoms with Crippen molar-refractivity contribution in [3.8, 4) is 0 Å². The first-order valence-corrected chi connectivity index (χ1v) is 10.3. The molecule has 3 atom stereocenters. The molecule has 0 fully saturated rings. The first kappa shape index (κ1) is 28.3. The molecule has 0 aromatic heterocycles. The van der Waals surface area contributed by atoms with Crippen molar-refractivity contribution in [2.45, 2.75) is 54.9 Å². The van der Waals surface area contributed by atoms with Crippen LogP contribution in [0.25, 0.3) is 0 Å². The van der Waals surface area contributed by atoms with Gasteiger partial charge in [0.1, 0.15) is 11.9 Å². The van der Waals surface area contributed by atoms with Crippen molar-refractivity contribution >= 4 is 11.0 Å². The van der Waals surface area contributed by atoms with Crippen LogP contribution in [0.2, 0.25) is 0 Å². The molecule has 1 aliphatic heterocycles. The molecule has 0 radical (unpaired) electrons. The smallest absolute Gasteiger partial charge is 0.358 e. The third kappa shape index (κ3) is 4.88. The van der Waals surface area contributed by atoms with Gasteiger partial charge in [0.15, 0.2) is 0 Å². The topological polar surface area (TPSA) is 29.5 Å². The van der Waals surface area contributed by atoms with Crippen molar-refractivity contribution in [3.05, 3.63) is 47.7 Å². The summed E-state index contributed by atoms with van der Waals surface area (Å²) >= 11 is 0. The summed E-state index contributed by atoms with van der Waals surface area (Å²) in [7, 11) is -5.09. The summed E-state index contributed by atoms with van der Waals surface area (Å²) in [4.78, 5) is 0. The van der Waals surface area contributed by atoms with Crippen molar-refractivity contribution in [2.75, 3.05) is 6.61 Å². The largest absolute Gasteiger partial charge is 0.460 e. The van der Waals surface area contributed by atoms with Crippen LogP contribution in [-0.4, -0.2) is 50.8 Å². The van der Waals surface area contributed by atoms with Gasteiger partial charge in [0.05, 0.1) is 0 Å². The number of rotatable bonds is 7. The van der Waals surface area contributed by atoms with Gasteiger partial charge in [-0.15, -0.1) is 0 Å². The Morgan fingerprint density at radius 1 is 0.912 bits per heavy atom. The van der Waals surface area contributed by atoms with E-state index in [4.69, 9.17) is 4.74 Å². The monoisotopic (exact) mass is 537 g/mol. The molecule has 0 spiro atoms. The van der Waals surface area contributed by atoms with Gasteiger partial charge in [-0.05, 0) is 18.6 Å². The predicted octanol–water partition coefficient (Wildman–Crippen LogP) is 6.37. The Bertz CT molecular complexity index is 914. The molecule has 0 aliphatic carbocycles. The molecule has 1 aromatic carbocycles. The lowest BCUT2D eigenvalue weighted by Gasteiger charge is -2.42. The second-order valence-electron chi connectivity index (χ2n) is 6.95. The zero-order valence-corrected chi connectivity index (χ0v) is 17.6. The number of alkyl halides is 12. The van der Waals surface area contributed by atoms with Gasteiger partial charge in [0.25, 0.3) is 0 Å². The van der Waals surface area contributed by atoms with Gasteiger partial charge < -0.3 is 4.74 Å². The van der Waals surface area contributed by atoms with Crippen molar-refractivity contribution in [1.82, 2.24) is 4.31 Å². The molecule has 0 saturated carbocycles. The molecule has 194 valence electrons. The number of hydrogen-bond acceptors (Lipinski definition) is 2. The fraction of sp³-hybridized carbons (Fsp3) is 0.556. The molecule has 0 N–H and O–H groups in total. The summed E-state index contributed by atoms with van der Waals surface area (Å²) in [6.45, 7) is 0.612. The first-order valence-electron chi connectivity index (χ1n) is 9.17. The number of halogens is 12. The number of ether oxygens (including phenoxy) is 1. The van der Waals surface area contributed by atoms with Gasteiger partial charge in [0, 0.05) is 18.9 Å². The lowest BCUT2D eigenvalue weighted by Crippen LogP contribution is -2.64. The van der Waals surface area contributed by atoms with E-state index in [9.17, 15) is 56.9 Å². The summed E-state index contributed by atoms with van der Waals surface area (Å²) in [6.07, 6.45) is -15.6. The van der Waals surface area contributed by atoms with E-state index in [1.54, 1.807) is 0 Å². The van der Waals surface area contributed by atoms with E-state index in [1.165, 1.54) is 30.3 Å². The molecule has 0 bridgehead atoms. The Hall–Kier alpha value is -1.97. The highest BCUT2D eigenvalue weighted by Crippen LogP contribution is 2.55. The van der Waals surface area contributed by atoms with Gasteiger partial charge in [-0.2, -0.15) is 52.7 Å². The average Bonchev–Trinajstić information content (AvgIpc) is 2.71. The summed E-state index contributed by atoms with van der Waals surface area (Å²) < 4.78 is 177. The molecule has 0 saturated heterocycles. The zero-order chi connectivity index (χ0) is 26.3. The number of nitrogens with zero attached hydrogens (tertiary/aromatic N) is 1. The minimum absolute atomic E-state index is 0.181. The van der Waals surface area contributed by atoms with Gasteiger partial charge >= 0.3 is 29.5 Å². The van der Waals surface area contributed by atoms with Crippen LogP contribution in [-0.2, 0) is 15.7 Å². The summed E-state index contributed by atoms with van der Waals surface area (Å²) in [5.41, 5.74) is -2.05. The van der Waals surface area contributed by atoms with Crippen LogP contribution in [0.3, 0.4) is 0 Å².